The summed E-state index contributed by atoms with van der Waals surface area (Å²) in [6.07, 6.45) is 2.19. The van der Waals surface area contributed by atoms with Gasteiger partial charge in [-0.1, -0.05) is 0 Å². The number of ether oxygens (including phenoxy) is 1. The second-order valence-corrected chi connectivity index (χ2v) is 3.51. The maximum atomic E-state index is 13.4. The van der Waals surface area contributed by atoms with Crippen molar-refractivity contribution in [2.24, 2.45) is 4.99 Å². The van der Waals surface area contributed by atoms with Crippen molar-refractivity contribution >= 4 is 6.40 Å². The zero-order valence-electron chi connectivity index (χ0n) is 7.85. The maximum Gasteiger partial charge on any atom is 0.274 e. The highest BCUT2D eigenvalue weighted by atomic mass is 19.2. The van der Waals surface area contributed by atoms with Crippen molar-refractivity contribution in [1.82, 2.24) is 0 Å². The van der Waals surface area contributed by atoms with Crippen molar-refractivity contribution in [3.05, 3.63) is 35.1 Å². The van der Waals surface area contributed by atoms with Crippen molar-refractivity contribution in [2.45, 2.75) is 12.5 Å². The number of rotatable bonds is 1. The monoisotopic (exact) mass is 214 g/mol. The van der Waals surface area contributed by atoms with Gasteiger partial charge in [-0.25, -0.2) is 18.2 Å². The fourth-order valence-corrected chi connectivity index (χ4v) is 1.42. The Balaban J connectivity index is 2.57. The van der Waals surface area contributed by atoms with Gasteiger partial charge < -0.3 is 4.74 Å². The first kappa shape index (κ1) is 10.0. The molecule has 0 aromatic heterocycles. The van der Waals surface area contributed by atoms with Crippen LogP contribution in [-0.4, -0.2) is 13.0 Å². The minimum Gasteiger partial charge on any atom is -0.471 e. The minimum atomic E-state index is -1.23. The summed E-state index contributed by atoms with van der Waals surface area (Å²) in [5.74, 6) is -3.17. The predicted molar refractivity (Wildman–Crippen MR) is 47.1 cm³/mol. The first-order chi connectivity index (χ1) is 7.03. The van der Waals surface area contributed by atoms with Crippen LogP contribution >= 0.6 is 0 Å². The predicted octanol–water partition coefficient (Wildman–Crippen LogP) is 2.25. The number of hydrogen-bond acceptors (Lipinski definition) is 2. The summed E-state index contributed by atoms with van der Waals surface area (Å²) >= 11 is 0. The van der Waals surface area contributed by atoms with Gasteiger partial charge in [-0.15, -0.1) is 0 Å². The lowest BCUT2D eigenvalue weighted by Crippen LogP contribution is -2.23. The van der Waals surface area contributed by atoms with Gasteiger partial charge in [0, 0.05) is 11.6 Å². The molecule has 1 unspecified atom stereocenters. The molecule has 0 saturated carbocycles. The Morgan fingerprint density at radius 1 is 1.40 bits per heavy atom. The molecular weight excluding hydrogens is 207 g/mol. The average Bonchev–Trinajstić information content (AvgIpc) is 2.59. The van der Waals surface area contributed by atoms with Gasteiger partial charge in [0.05, 0.1) is 0 Å². The van der Waals surface area contributed by atoms with E-state index in [1.165, 1.54) is 6.92 Å². The van der Waals surface area contributed by atoms with Gasteiger partial charge in [0.25, 0.3) is 6.40 Å². The average molecular weight is 214 g/mol. The zero-order chi connectivity index (χ0) is 11.1. The van der Waals surface area contributed by atoms with Crippen molar-refractivity contribution < 1.29 is 17.9 Å². The van der Waals surface area contributed by atoms with E-state index in [1.807, 2.05) is 0 Å². The molecule has 0 N–H and O–H groups in total. The van der Waals surface area contributed by atoms with Gasteiger partial charge in [-0.3, -0.25) is 0 Å². The number of benzene rings is 1. The normalized spacial score (nSPS) is 24.3. The molecule has 5 heteroatoms. The first-order valence-electron chi connectivity index (χ1n) is 4.27. The zero-order valence-corrected chi connectivity index (χ0v) is 7.85. The fraction of sp³-hybridized carbons (Fsp3) is 0.300. The Labute approximate surface area is 84.4 Å². The standard InChI is InChI=1S/C10H7F3NO/c1-10(4-15-5-14-10)7-2-6(11)3-8(12)9(7)13/h2-3H,4H2,1H3. The van der Waals surface area contributed by atoms with Crippen LogP contribution in [0.3, 0.4) is 0 Å². The van der Waals surface area contributed by atoms with E-state index in [1.54, 1.807) is 0 Å². The van der Waals surface area contributed by atoms with Gasteiger partial charge >= 0.3 is 0 Å². The summed E-state index contributed by atoms with van der Waals surface area (Å²) in [5.41, 5.74) is -1.27. The molecule has 2 nitrogen and oxygen atoms in total. The van der Waals surface area contributed by atoms with Crippen molar-refractivity contribution in [3.63, 3.8) is 0 Å². The molecule has 79 valence electrons. The third-order valence-corrected chi connectivity index (χ3v) is 2.28. The van der Waals surface area contributed by atoms with E-state index in [4.69, 9.17) is 4.74 Å². The molecule has 15 heavy (non-hydrogen) atoms. The lowest BCUT2D eigenvalue weighted by atomic mass is 9.93. The molecule has 1 heterocycles. The Hall–Kier alpha value is -1.52. The highest BCUT2D eigenvalue weighted by Crippen LogP contribution is 2.32. The van der Waals surface area contributed by atoms with Crippen LogP contribution in [0.15, 0.2) is 17.1 Å². The number of hydrogen-bond donors (Lipinski definition) is 0. The smallest absolute Gasteiger partial charge is 0.274 e. The molecule has 1 aromatic rings. The maximum absolute atomic E-state index is 13.4. The van der Waals surface area contributed by atoms with Crippen molar-refractivity contribution in [1.29, 1.82) is 0 Å². The summed E-state index contributed by atoms with van der Waals surface area (Å²) in [5, 5.41) is 0. The van der Waals surface area contributed by atoms with Gasteiger partial charge in [-0.05, 0) is 13.0 Å². The summed E-state index contributed by atoms with van der Waals surface area (Å²) in [6, 6.07) is 1.41. The molecule has 0 fully saturated rings. The molecule has 1 atom stereocenters. The molecule has 0 spiro atoms. The number of halogens is 3. The second kappa shape index (κ2) is 3.25. The molecule has 0 bridgehead atoms. The van der Waals surface area contributed by atoms with Crippen LogP contribution in [0, 0.1) is 17.5 Å². The summed E-state index contributed by atoms with van der Waals surface area (Å²) in [6.45, 7) is 1.54. The van der Waals surface area contributed by atoms with E-state index in [-0.39, 0.29) is 12.2 Å². The van der Waals surface area contributed by atoms with Crippen molar-refractivity contribution in [3.8, 4) is 0 Å². The molecule has 1 radical (unpaired) electrons. The molecule has 1 aliphatic heterocycles. The molecule has 1 aromatic carbocycles. The molecule has 0 amide bonds. The molecule has 2 rings (SSSR count). The summed E-state index contributed by atoms with van der Waals surface area (Å²) in [4.78, 5) is 3.74. The Kier molecular flexibility index (Phi) is 2.17. The quantitative estimate of drug-likeness (QED) is 0.657. The van der Waals surface area contributed by atoms with Gasteiger partial charge in [0.1, 0.15) is 18.0 Å². The summed E-state index contributed by atoms with van der Waals surface area (Å²) in [7, 11) is 0. The molecule has 0 saturated heterocycles. The van der Waals surface area contributed by atoms with Gasteiger partial charge in [-0.2, -0.15) is 0 Å². The third-order valence-electron chi connectivity index (χ3n) is 2.28. The van der Waals surface area contributed by atoms with Crippen LogP contribution < -0.4 is 0 Å². The minimum absolute atomic E-state index is 0.0206. The molecule has 0 aliphatic carbocycles. The van der Waals surface area contributed by atoms with E-state index in [0.717, 1.165) is 6.07 Å². The van der Waals surface area contributed by atoms with E-state index in [9.17, 15) is 13.2 Å². The van der Waals surface area contributed by atoms with Crippen LogP contribution in [0.4, 0.5) is 13.2 Å². The Bertz CT molecular complexity index is 433. The molecular formula is C10H7F3NO. The second-order valence-electron chi connectivity index (χ2n) is 3.51. The fourth-order valence-electron chi connectivity index (χ4n) is 1.42. The van der Waals surface area contributed by atoms with E-state index in [0.29, 0.717) is 6.07 Å². The van der Waals surface area contributed by atoms with E-state index in [2.05, 4.69) is 11.4 Å². The topological polar surface area (TPSA) is 21.6 Å². The van der Waals surface area contributed by atoms with Crippen LogP contribution in [-0.2, 0) is 10.3 Å². The highest BCUT2D eigenvalue weighted by Gasteiger charge is 2.34. The SMILES string of the molecule is CC1(c2cc(F)cc(F)c2F)CO[C]=N1. The lowest BCUT2D eigenvalue weighted by Gasteiger charge is -2.19. The van der Waals surface area contributed by atoms with Crippen molar-refractivity contribution in [2.75, 3.05) is 6.61 Å². The van der Waals surface area contributed by atoms with Crippen LogP contribution in [0.25, 0.3) is 0 Å². The van der Waals surface area contributed by atoms with Crippen LogP contribution in [0.1, 0.15) is 12.5 Å². The highest BCUT2D eigenvalue weighted by molar-refractivity contribution is 5.52. The largest absolute Gasteiger partial charge is 0.471 e. The Morgan fingerprint density at radius 2 is 2.13 bits per heavy atom. The summed E-state index contributed by atoms with van der Waals surface area (Å²) < 4.78 is 44.0. The third kappa shape index (κ3) is 1.58. The number of aliphatic imine (C=N–C) groups is 1. The van der Waals surface area contributed by atoms with Gasteiger partial charge in [0.15, 0.2) is 11.6 Å². The number of nitrogens with zero attached hydrogens (tertiary/aromatic N) is 1. The van der Waals surface area contributed by atoms with Crippen LogP contribution in [0.5, 0.6) is 0 Å². The van der Waals surface area contributed by atoms with E-state index >= 15 is 0 Å². The molecule has 1 aliphatic rings. The Morgan fingerprint density at radius 3 is 2.73 bits per heavy atom. The van der Waals surface area contributed by atoms with Gasteiger partial charge in [0.2, 0.25) is 0 Å². The van der Waals surface area contributed by atoms with E-state index < -0.39 is 23.0 Å². The van der Waals surface area contributed by atoms with Crippen LogP contribution in [0.2, 0.25) is 0 Å². The lowest BCUT2D eigenvalue weighted by molar-refractivity contribution is 0.269. The first-order valence-corrected chi connectivity index (χ1v) is 4.27.